The number of hydrogen-bond acceptors (Lipinski definition) is 7. The monoisotopic (exact) mass is 487 g/mol. The molecule has 0 amide bonds. The molecule has 3 aliphatic heterocycles. The smallest absolute Gasteiger partial charge is 0.178 e. The number of fused-ring (bicyclic) bond motifs is 6. The van der Waals surface area contributed by atoms with E-state index in [-0.39, 0.29) is 12.4 Å². The number of carbonyl (C=O) groups is 1. The summed E-state index contributed by atoms with van der Waals surface area (Å²) in [5.74, 6) is 2.32. The van der Waals surface area contributed by atoms with E-state index in [0.717, 1.165) is 11.1 Å². The maximum atomic E-state index is 13.6. The van der Waals surface area contributed by atoms with Crippen molar-refractivity contribution >= 4 is 21.7 Å². The van der Waals surface area contributed by atoms with Crippen molar-refractivity contribution < 1.29 is 33.6 Å². The first-order chi connectivity index (χ1) is 14.9. The fourth-order valence-corrected chi connectivity index (χ4v) is 4.86. The highest BCUT2D eigenvalue weighted by molar-refractivity contribution is 9.09. The molecule has 0 aromatic heterocycles. The van der Waals surface area contributed by atoms with Gasteiger partial charge in [-0.05, 0) is 25.1 Å². The number of aliphatic hydroxyl groups is 1. The highest BCUT2D eigenvalue weighted by Gasteiger charge is 2.47. The van der Waals surface area contributed by atoms with E-state index in [4.69, 9.17) is 23.7 Å². The van der Waals surface area contributed by atoms with Crippen LogP contribution in [0.4, 0.5) is 0 Å². The van der Waals surface area contributed by atoms with Gasteiger partial charge in [-0.25, -0.2) is 0 Å². The lowest BCUT2D eigenvalue weighted by atomic mass is 9.81. The molecule has 0 aliphatic carbocycles. The maximum absolute atomic E-state index is 13.6. The van der Waals surface area contributed by atoms with E-state index in [1.54, 1.807) is 45.4 Å². The van der Waals surface area contributed by atoms with Crippen LogP contribution >= 0.6 is 15.9 Å². The van der Waals surface area contributed by atoms with E-state index >= 15 is 0 Å². The lowest BCUT2D eigenvalue weighted by Gasteiger charge is -2.37. The Labute approximate surface area is 188 Å². The second kappa shape index (κ2) is 7.31. The zero-order chi connectivity index (χ0) is 21.9. The molecule has 2 aromatic carbocycles. The Morgan fingerprint density at radius 1 is 1.16 bits per heavy atom. The van der Waals surface area contributed by atoms with Gasteiger partial charge in [0.2, 0.25) is 0 Å². The second-order valence-electron chi connectivity index (χ2n) is 8.27. The number of Topliss-reactive ketones (excluding diaryl/α,β-unsaturated/α-hetero) is 1. The number of halogens is 1. The van der Waals surface area contributed by atoms with E-state index in [0.29, 0.717) is 46.1 Å². The van der Waals surface area contributed by atoms with Gasteiger partial charge in [0.15, 0.2) is 17.3 Å². The van der Waals surface area contributed by atoms with E-state index in [1.165, 1.54) is 0 Å². The summed E-state index contributed by atoms with van der Waals surface area (Å²) in [6, 6.07) is 7.07. The molecule has 0 saturated heterocycles. The van der Waals surface area contributed by atoms with Crippen LogP contribution in [-0.2, 0) is 6.42 Å². The minimum Gasteiger partial charge on any atom is -0.493 e. The topological polar surface area (TPSA) is 83.5 Å². The van der Waals surface area contributed by atoms with E-state index in [1.807, 2.05) is 0 Å². The highest BCUT2D eigenvalue weighted by atomic mass is 75.9. The summed E-state index contributed by atoms with van der Waals surface area (Å²) in [5.41, 5.74) is 1.01. The summed E-state index contributed by atoms with van der Waals surface area (Å²) in [6.07, 6.45) is -0.428. The number of ether oxygens (including phenoxy) is 5. The molecule has 31 heavy (non-hydrogen) atoms. The van der Waals surface area contributed by atoms with Crippen molar-refractivity contribution in [3.8, 4) is 28.7 Å². The largest absolute Gasteiger partial charge is 0.493 e. The summed E-state index contributed by atoms with van der Waals surface area (Å²) in [4.78, 5) is 13.6. The molecule has 3 aliphatic rings. The van der Waals surface area contributed by atoms with Crippen LogP contribution in [0.5, 0.6) is 28.7 Å². The Kier molecular flexibility index (Phi) is 4.82. The van der Waals surface area contributed by atoms with Gasteiger partial charge in [0, 0.05) is 28.9 Å². The molecule has 8 heteroatoms. The van der Waals surface area contributed by atoms with Crippen LogP contribution in [0.2, 0.25) is 0 Å². The summed E-state index contributed by atoms with van der Waals surface area (Å²) in [6.45, 7) is 1.96. The molecule has 0 saturated carbocycles. The first-order valence-electron chi connectivity index (χ1n) is 10.1. The van der Waals surface area contributed by atoms with Gasteiger partial charge in [-0.1, -0.05) is 15.9 Å². The number of benzene rings is 2. The quantitative estimate of drug-likeness (QED) is 0.663. The minimum atomic E-state index is -1.05. The zero-order valence-electron chi connectivity index (χ0n) is 17.4. The maximum Gasteiger partial charge on any atom is 0.178 e. The van der Waals surface area contributed by atoms with E-state index < -0.39 is 23.7 Å². The normalized spacial score (nSPS) is 24.9. The molecular formula is C23H23BrO7. The van der Waals surface area contributed by atoms with Crippen molar-refractivity contribution in [2.24, 2.45) is 0 Å². The summed E-state index contributed by atoms with van der Waals surface area (Å²) in [5, 5.41) is 11.0. The fraction of sp³-hybridized carbons (Fsp3) is 0.435. The molecular weight excluding hydrogens is 464 g/mol. The van der Waals surface area contributed by atoms with Crippen molar-refractivity contribution in [3.63, 3.8) is 0 Å². The molecule has 7 nitrogen and oxygen atoms in total. The molecule has 164 valence electrons. The van der Waals surface area contributed by atoms with Crippen molar-refractivity contribution in [2.45, 2.75) is 37.1 Å². The van der Waals surface area contributed by atoms with Gasteiger partial charge in [0.05, 0.1) is 25.7 Å². The van der Waals surface area contributed by atoms with Crippen LogP contribution in [0.25, 0.3) is 0 Å². The van der Waals surface area contributed by atoms with Gasteiger partial charge >= 0.3 is 0 Å². The molecule has 3 heterocycles. The van der Waals surface area contributed by atoms with Crippen LogP contribution in [0.15, 0.2) is 24.3 Å². The first kappa shape index (κ1) is 20.5. The average Bonchev–Trinajstić information content (AvgIpc) is 3.23. The average molecular weight is 487 g/mol. The summed E-state index contributed by atoms with van der Waals surface area (Å²) in [7, 11) is 3.12. The van der Waals surface area contributed by atoms with Crippen LogP contribution in [0, 0.1) is 0 Å². The first-order valence-corrected chi connectivity index (χ1v) is 11.2. The Morgan fingerprint density at radius 3 is 2.61 bits per heavy atom. The van der Waals surface area contributed by atoms with Gasteiger partial charge < -0.3 is 28.8 Å². The molecule has 1 N–H and O–H groups in total. The molecule has 0 fully saturated rings. The van der Waals surface area contributed by atoms with E-state index in [9.17, 15) is 9.90 Å². The number of ketones is 1. The molecule has 2 aromatic rings. The SMILES string of the molecule is COc1cc2c(cc1OC)[C@@H]1C(=O)c3ccc4c(c3O[C@@H]1CO2)CC([C@](C)(O)C[76Br])O4. The summed E-state index contributed by atoms with van der Waals surface area (Å²) >= 11 is 3.34. The van der Waals surface area contributed by atoms with Crippen molar-refractivity contribution in [2.75, 3.05) is 26.2 Å². The number of carbonyl (C=O) groups excluding carboxylic acids is 1. The predicted molar refractivity (Wildman–Crippen MR) is 116 cm³/mol. The predicted octanol–water partition coefficient (Wildman–Crippen LogP) is 3.27. The minimum absolute atomic E-state index is 0.0264. The van der Waals surface area contributed by atoms with Gasteiger partial charge in [0.1, 0.15) is 41.7 Å². The molecule has 4 atom stereocenters. The van der Waals surface area contributed by atoms with Crippen LogP contribution < -0.4 is 23.7 Å². The van der Waals surface area contributed by atoms with Gasteiger partial charge in [-0.3, -0.25) is 4.79 Å². The third-order valence-corrected chi connectivity index (χ3v) is 7.42. The van der Waals surface area contributed by atoms with Crippen molar-refractivity contribution in [1.82, 2.24) is 0 Å². The zero-order valence-corrected chi connectivity index (χ0v) is 19.0. The molecule has 0 spiro atoms. The molecule has 5 rings (SSSR count). The molecule has 0 bridgehead atoms. The van der Waals surface area contributed by atoms with E-state index in [2.05, 4.69) is 15.9 Å². The Bertz CT molecular complexity index is 1060. The fourth-order valence-electron chi connectivity index (χ4n) is 4.50. The van der Waals surface area contributed by atoms with Gasteiger partial charge in [-0.2, -0.15) is 0 Å². The standard InChI is InChI=1S/C23H23BrO7/c1-23(26,10-24)19-7-13-14(30-19)5-4-11-21(25)20-12-6-16(27-2)17(28-3)8-15(12)29-9-18(20)31-22(11)13/h4-6,8,18-20,26H,7,9-10H2,1-3H3/t18-,19?,20+,23-/m1/s1/i24-4. The van der Waals surface area contributed by atoms with Crippen LogP contribution in [0.1, 0.15) is 34.3 Å². The Hall–Kier alpha value is -2.45. The number of methoxy groups -OCH3 is 2. The van der Waals surface area contributed by atoms with Crippen molar-refractivity contribution in [1.29, 1.82) is 0 Å². The third-order valence-electron chi connectivity index (χ3n) is 6.28. The number of rotatable bonds is 4. The van der Waals surface area contributed by atoms with Gasteiger partial charge in [-0.15, -0.1) is 0 Å². The second-order valence-corrected chi connectivity index (χ2v) is 8.84. The van der Waals surface area contributed by atoms with Crippen molar-refractivity contribution in [3.05, 3.63) is 41.0 Å². The third kappa shape index (κ3) is 3.07. The highest BCUT2D eigenvalue weighted by Crippen LogP contribution is 2.50. The molecule has 0 radical (unpaired) electrons. The van der Waals surface area contributed by atoms with Gasteiger partial charge in [0.25, 0.3) is 0 Å². The van der Waals surface area contributed by atoms with Crippen LogP contribution in [0.3, 0.4) is 0 Å². The number of alkyl halides is 1. The molecule has 1 unspecified atom stereocenters. The Morgan fingerprint density at radius 2 is 1.90 bits per heavy atom. The number of hydrogen-bond donors (Lipinski definition) is 1. The lowest BCUT2D eigenvalue weighted by Crippen LogP contribution is -2.44. The van der Waals surface area contributed by atoms with Crippen LogP contribution in [-0.4, -0.2) is 54.9 Å². The lowest BCUT2D eigenvalue weighted by molar-refractivity contribution is -0.0181. The Balaban J connectivity index is 1.55. The summed E-state index contributed by atoms with van der Waals surface area (Å²) < 4.78 is 29.0.